The van der Waals surface area contributed by atoms with Crippen molar-refractivity contribution in [1.82, 2.24) is 19.8 Å². The molecule has 2 aromatic heterocycles. The lowest BCUT2D eigenvalue weighted by Gasteiger charge is -2.37. The summed E-state index contributed by atoms with van der Waals surface area (Å²) in [6, 6.07) is 16.4. The normalized spacial score (nSPS) is 18.1. The number of hydrogen-bond acceptors (Lipinski definition) is 6. The number of β-amino-alcohol motifs (C(OH)–C–C–N with tert-alkyl or cyclic N) is 1. The Morgan fingerprint density at radius 1 is 1.13 bits per heavy atom. The largest absolute Gasteiger partial charge is 0.493 e. The van der Waals surface area contributed by atoms with Gasteiger partial charge in [0.2, 0.25) is 0 Å². The summed E-state index contributed by atoms with van der Waals surface area (Å²) in [5.74, 6) is -0.368. The van der Waals surface area contributed by atoms with Gasteiger partial charge in [-0.25, -0.2) is 0 Å². The number of likely N-dealkylation sites (tertiary alicyclic amines) is 1. The van der Waals surface area contributed by atoms with Gasteiger partial charge in [0.05, 0.1) is 31.3 Å². The Morgan fingerprint density at radius 2 is 1.87 bits per heavy atom. The number of benzene rings is 2. The first-order chi connectivity index (χ1) is 18.4. The molecule has 1 amide bonds. The molecule has 0 radical (unpaired) electrons. The molecule has 198 valence electrons. The van der Waals surface area contributed by atoms with Crippen LogP contribution in [0, 0.1) is 0 Å². The second-order valence-electron chi connectivity index (χ2n) is 9.78. The molecular weight excluding hydrogens is 484 g/mol. The molecule has 0 spiro atoms. The highest BCUT2D eigenvalue weighted by Crippen LogP contribution is 2.32. The number of carbonyl (C=O) groups excluding carboxylic acids is 2. The van der Waals surface area contributed by atoms with Gasteiger partial charge in [-0.15, -0.1) is 0 Å². The van der Waals surface area contributed by atoms with Gasteiger partial charge < -0.3 is 20.1 Å². The average Bonchev–Trinajstić information content (AvgIpc) is 3.33. The highest BCUT2D eigenvalue weighted by molar-refractivity contribution is 6.11. The minimum absolute atomic E-state index is 0.0412. The van der Waals surface area contributed by atoms with Crippen LogP contribution in [0.3, 0.4) is 0 Å². The number of H-pyrrole nitrogens is 1. The third kappa shape index (κ3) is 4.70. The van der Waals surface area contributed by atoms with Crippen LogP contribution in [-0.4, -0.2) is 70.1 Å². The van der Waals surface area contributed by atoms with E-state index in [4.69, 9.17) is 4.74 Å². The molecular formula is C29H32N4O5. The minimum Gasteiger partial charge on any atom is -0.493 e. The molecule has 0 aliphatic carbocycles. The number of hydrogen-bond donors (Lipinski definition) is 3. The fraction of sp³-hybridized carbons (Fsp3) is 0.345. The molecule has 1 saturated heterocycles. The van der Waals surface area contributed by atoms with E-state index in [0.717, 1.165) is 19.4 Å². The zero-order valence-electron chi connectivity index (χ0n) is 21.6. The first kappa shape index (κ1) is 25.7. The number of aliphatic hydroxyl groups excluding tert-OH is 1. The fourth-order valence-corrected chi connectivity index (χ4v) is 5.50. The molecule has 9 heteroatoms. The number of rotatable bonds is 8. The molecule has 1 aliphatic heterocycles. The molecule has 38 heavy (non-hydrogen) atoms. The van der Waals surface area contributed by atoms with Crippen LogP contribution >= 0.6 is 0 Å². The van der Waals surface area contributed by atoms with Gasteiger partial charge in [0.25, 0.3) is 11.5 Å². The van der Waals surface area contributed by atoms with Crippen molar-refractivity contribution in [3.63, 3.8) is 0 Å². The van der Waals surface area contributed by atoms with Crippen LogP contribution in [0.2, 0.25) is 0 Å². The Hall–Kier alpha value is -3.95. The van der Waals surface area contributed by atoms with Crippen LogP contribution in [0.4, 0.5) is 0 Å². The van der Waals surface area contributed by atoms with Gasteiger partial charge in [0.15, 0.2) is 11.5 Å². The van der Waals surface area contributed by atoms with Crippen molar-refractivity contribution in [3.05, 3.63) is 76.2 Å². The summed E-state index contributed by atoms with van der Waals surface area (Å²) < 4.78 is 7.08. The third-order valence-corrected chi connectivity index (χ3v) is 7.44. The molecule has 2 unspecified atom stereocenters. The Kier molecular flexibility index (Phi) is 7.31. The zero-order chi connectivity index (χ0) is 26.8. The second kappa shape index (κ2) is 10.8. The fourth-order valence-electron chi connectivity index (χ4n) is 5.50. The summed E-state index contributed by atoms with van der Waals surface area (Å²) >= 11 is 0. The highest BCUT2D eigenvalue weighted by atomic mass is 16.5. The van der Waals surface area contributed by atoms with Gasteiger partial charge in [0, 0.05) is 36.1 Å². The summed E-state index contributed by atoms with van der Waals surface area (Å²) in [7, 11) is 1.43. The van der Waals surface area contributed by atoms with E-state index in [1.54, 1.807) is 30.3 Å². The van der Waals surface area contributed by atoms with Gasteiger partial charge in [0.1, 0.15) is 11.1 Å². The number of piperidine rings is 1. The number of nitrogens with zero attached hydrogens (tertiary/aromatic N) is 2. The quantitative estimate of drug-likeness (QED) is 0.310. The predicted molar refractivity (Wildman–Crippen MR) is 146 cm³/mol. The number of amides is 1. The number of para-hydroxylation sites is 1. The number of pyridine rings is 1. The molecule has 0 bridgehead atoms. The number of carbonyl (C=O) groups is 2. The molecule has 2 atom stereocenters. The topological polar surface area (TPSA) is 117 Å². The van der Waals surface area contributed by atoms with E-state index in [9.17, 15) is 19.5 Å². The van der Waals surface area contributed by atoms with E-state index >= 15 is 0 Å². The lowest BCUT2D eigenvalue weighted by molar-refractivity contribution is 0.0835. The van der Waals surface area contributed by atoms with Crippen LogP contribution in [0.1, 0.15) is 40.6 Å². The molecule has 2 aromatic carbocycles. The van der Waals surface area contributed by atoms with Crippen LogP contribution in [0.25, 0.3) is 21.8 Å². The SMILES string of the molecule is COc1c(C(=O)NC2CCN(CCO)C(C)C2)[nH]c2c1c(=O)n(CC(=O)c1ccccc1)c1ccccc21. The van der Waals surface area contributed by atoms with E-state index in [0.29, 0.717) is 28.5 Å². The number of nitrogens with one attached hydrogen (secondary N) is 2. The second-order valence-corrected chi connectivity index (χ2v) is 9.78. The maximum Gasteiger partial charge on any atom is 0.271 e. The van der Waals surface area contributed by atoms with E-state index in [2.05, 4.69) is 22.1 Å². The Bertz CT molecular complexity index is 1540. The smallest absolute Gasteiger partial charge is 0.271 e. The van der Waals surface area contributed by atoms with Crippen molar-refractivity contribution in [3.8, 4) is 5.75 Å². The highest BCUT2D eigenvalue weighted by Gasteiger charge is 2.29. The first-order valence-corrected chi connectivity index (χ1v) is 12.9. The van der Waals surface area contributed by atoms with E-state index in [1.165, 1.54) is 11.7 Å². The Labute approximate surface area is 220 Å². The summed E-state index contributed by atoms with van der Waals surface area (Å²) in [6.07, 6.45) is 1.52. The van der Waals surface area contributed by atoms with E-state index < -0.39 is 5.56 Å². The average molecular weight is 517 g/mol. The number of fused-ring (bicyclic) bond motifs is 3. The monoisotopic (exact) mass is 516 g/mol. The van der Waals surface area contributed by atoms with Crippen molar-refractivity contribution in [2.24, 2.45) is 0 Å². The summed E-state index contributed by atoms with van der Waals surface area (Å²) in [5, 5.41) is 13.3. The Balaban J connectivity index is 1.53. The molecule has 9 nitrogen and oxygen atoms in total. The molecule has 1 aliphatic rings. The number of ketones is 1. The van der Waals surface area contributed by atoms with Gasteiger partial charge >= 0.3 is 0 Å². The van der Waals surface area contributed by atoms with E-state index in [1.807, 2.05) is 24.3 Å². The molecule has 0 saturated carbocycles. The van der Waals surface area contributed by atoms with Crippen molar-refractivity contribution >= 4 is 33.5 Å². The lowest BCUT2D eigenvalue weighted by Crippen LogP contribution is -2.49. The van der Waals surface area contributed by atoms with Gasteiger partial charge in [-0.3, -0.25) is 23.9 Å². The summed E-state index contributed by atoms with van der Waals surface area (Å²) in [5.41, 5.74) is 1.39. The number of ether oxygens (including phenoxy) is 1. The maximum absolute atomic E-state index is 13.8. The van der Waals surface area contributed by atoms with Crippen LogP contribution < -0.4 is 15.6 Å². The molecule has 3 N–H and O–H groups in total. The zero-order valence-corrected chi connectivity index (χ0v) is 21.6. The van der Waals surface area contributed by atoms with Crippen molar-refractivity contribution in [1.29, 1.82) is 0 Å². The van der Waals surface area contributed by atoms with Crippen LogP contribution in [-0.2, 0) is 6.54 Å². The molecule has 1 fully saturated rings. The summed E-state index contributed by atoms with van der Waals surface area (Å²) in [4.78, 5) is 45.7. The standard InChI is InChI=1S/C29H32N4O5/c1-18-16-20(12-13-32(18)14-15-34)30-28(36)26-27(38-2)24-25(31-26)21-10-6-7-11-22(21)33(29(24)37)17-23(35)19-8-4-3-5-9-19/h3-11,18,20,31,34H,12-17H2,1-2H3,(H,30,36). The predicted octanol–water partition coefficient (Wildman–Crippen LogP) is 2.95. The first-order valence-electron chi connectivity index (χ1n) is 12.9. The molecule has 3 heterocycles. The lowest BCUT2D eigenvalue weighted by atomic mass is 9.98. The third-order valence-electron chi connectivity index (χ3n) is 7.44. The van der Waals surface area contributed by atoms with Gasteiger partial charge in [-0.05, 0) is 25.8 Å². The van der Waals surface area contributed by atoms with Crippen molar-refractivity contribution < 1.29 is 19.4 Å². The summed E-state index contributed by atoms with van der Waals surface area (Å²) in [6.45, 7) is 3.45. The Morgan fingerprint density at radius 3 is 2.58 bits per heavy atom. The number of aromatic amines is 1. The van der Waals surface area contributed by atoms with Gasteiger partial charge in [-0.1, -0.05) is 48.5 Å². The maximum atomic E-state index is 13.8. The van der Waals surface area contributed by atoms with Crippen molar-refractivity contribution in [2.45, 2.75) is 38.4 Å². The van der Waals surface area contributed by atoms with Crippen LogP contribution in [0.15, 0.2) is 59.4 Å². The minimum atomic E-state index is -0.402. The van der Waals surface area contributed by atoms with Crippen molar-refractivity contribution in [2.75, 3.05) is 26.8 Å². The molecule has 4 aromatic rings. The number of aliphatic hydroxyl groups is 1. The number of Topliss-reactive ketones (excluding diaryl/α,β-unsaturated/α-hetero) is 1. The number of methoxy groups -OCH3 is 1. The number of aromatic nitrogens is 2. The van der Waals surface area contributed by atoms with Gasteiger partial charge in [-0.2, -0.15) is 0 Å². The molecule has 5 rings (SSSR count). The van der Waals surface area contributed by atoms with Crippen LogP contribution in [0.5, 0.6) is 5.75 Å². The van der Waals surface area contributed by atoms with E-state index in [-0.39, 0.29) is 53.8 Å².